The standard InChI is InChI=1S/C14H26N2OS/c1-13(2)7-8-16(9-10-18-13)12(17)14(3)6-4-5-11(14)15/h11H,4-10,15H2,1-3H3. The highest BCUT2D eigenvalue weighted by Gasteiger charge is 2.45. The molecule has 18 heavy (non-hydrogen) atoms. The first-order valence-electron chi connectivity index (χ1n) is 7.04. The van der Waals surface area contributed by atoms with Crippen LogP contribution in [0.1, 0.15) is 46.5 Å². The average Bonchev–Trinajstić information content (AvgIpc) is 2.54. The zero-order chi connectivity index (χ0) is 13.4. The maximum Gasteiger partial charge on any atom is 0.230 e. The number of carbonyl (C=O) groups is 1. The van der Waals surface area contributed by atoms with Crippen LogP contribution in [0.2, 0.25) is 0 Å². The summed E-state index contributed by atoms with van der Waals surface area (Å²) in [6.45, 7) is 8.38. The third-order valence-electron chi connectivity index (χ3n) is 4.64. The molecule has 2 unspecified atom stereocenters. The molecule has 0 aromatic rings. The molecule has 1 amide bonds. The van der Waals surface area contributed by atoms with E-state index < -0.39 is 0 Å². The van der Waals surface area contributed by atoms with Gasteiger partial charge in [-0.3, -0.25) is 4.79 Å². The quantitative estimate of drug-likeness (QED) is 0.795. The van der Waals surface area contributed by atoms with E-state index in [0.717, 1.165) is 44.5 Å². The fraction of sp³-hybridized carbons (Fsp3) is 0.929. The summed E-state index contributed by atoms with van der Waals surface area (Å²) in [6, 6.07) is 0.0499. The fourth-order valence-electron chi connectivity index (χ4n) is 3.04. The Morgan fingerprint density at radius 3 is 2.61 bits per heavy atom. The van der Waals surface area contributed by atoms with Crippen LogP contribution >= 0.6 is 11.8 Å². The van der Waals surface area contributed by atoms with Crippen LogP contribution in [0.4, 0.5) is 0 Å². The van der Waals surface area contributed by atoms with Crippen LogP contribution in [0.15, 0.2) is 0 Å². The summed E-state index contributed by atoms with van der Waals surface area (Å²) < 4.78 is 0.299. The first-order chi connectivity index (χ1) is 8.35. The second-order valence-electron chi connectivity index (χ2n) is 6.57. The molecule has 0 aromatic heterocycles. The number of hydrogen-bond acceptors (Lipinski definition) is 3. The summed E-state index contributed by atoms with van der Waals surface area (Å²) in [4.78, 5) is 14.8. The number of nitrogens with two attached hydrogens (primary N) is 1. The predicted octanol–water partition coefficient (Wildman–Crippen LogP) is 2.25. The lowest BCUT2D eigenvalue weighted by Crippen LogP contribution is -2.50. The van der Waals surface area contributed by atoms with Crippen molar-refractivity contribution in [3.8, 4) is 0 Å². The minimum atomic E-state index is -0.306. The zero-order valence-electron chi connectivity index (χ0n) is 11.9. The molecule has 1 saturated carbocycles. The number of thioether (sulfide) groups is 1. The molecular weight excluding hydrogens is 244 g/mol. The van der Waals surface area contributed by atoms with Gasteiger partial charge in [0.1, 0.15) is 0 Å². The highest BCUT2D eigenvalue weighted by atomic mass is 32.2. The van der Waals surface area contributed by atoms with Crippen LogP contribution in [0.3, 0.4) is 0 Å². The van der Waals surface area contributed by atoms with E-state index >= 15 is 0 Å². The van der Waals surface area contributed by atoms with Gasteiger partial charge in [0.2, 0.25) is 5.91 Å². The van der Waals surface area contributed by atoms with E-state index in [2.05, 4.69) is 25.7 Å². The maximum atomic E-state index is 12.7. The van der Waals surface area contributed by atoms with Gasteiger partial charge < -0.3 is 10.6 Å². The Kier molecular flexibility index (Phi) is 3.98. The van der Waals surface area contributed by atoms with Crippen molar-refractivity contribution in [2.45, 2.75) is 57.2 Å². The van der Waals surface area contributed by atoms with Crippen molar-refractivity contribution < 1.29 is 4.79 Å². The van der Waals surface area contributed by atoms with E-state index in [1.807, 2.05) is 11.8 Å². The molecule has 1 aliphatic heterocycles. The topological polar surface area (TPSA) is 46.3 Å². The summed E-state index contributed by atoms with van der Waals surface area (Å²) in [7, 11) is 0. The SMILES string of the molecule is CC1(C)CCN(C(=O)C2(C)CCCC2N)CCS1. The van der Waals surface area contributed by atoms with Crippen LogP contribution in [0, 0.1) is 5.41 Å². The summed E-state index contributed by atoms with van der Waals surface area (Å²) >= 11 is 1.98. The van der Waals surface area contributed by atoms with E-state index in [4.69, 9.17) is 5.73 Å². The molecule has 2 rings (SSSR count). The van der Waals surface area contributed by atoms with Crippen LogP contribution < -0.4 is 5.73 Å². The van der Waals surface area contributed by atoms with Crippen molar-refractivity contribution in [3.63, 3.8) is 0 Å². The molecule has 1 aliphatic carbocycles. The Hall–Kier alpha value is -0.220. The Morgan fingerprint density at radius 1 is 1.28 bits per heavy atom. The van der Waals surface area contributed by atoms with Gasteiger partial charge in [0, 0.05) is 29.6 Å². The highest BCUT2D eigenvalue weighted by molar-refractivity contribution is 8.00. The lowest BCUT2D eigenvalue weighted by molar-refractivity contribution is -0.141. The molecule has 1 heterocycles. The smallest absolute Gasteiger partial charge is 0.230 e. The van der Waals surface area contributed by atoms with Crippen molar-refractivity contribution >= 4 is 17.7 Å². The van der Waals surface area contributed by atoms with Crippen LogP contribution in [0.25, 0.3) is 0 Å². The molecule has 2 fully saturated rings. The van der Waals surface area contributed by atoms with E-state index in [9.17, 15) is 4.79 Å². The van der Waals surface area contributed by atoms with E-state index in [1.165, 1.54) is 0 Å². The van der Waals surface area contributed by atoms with Gasteiger partial charge in [-0.25, -0.2) is 0 Å². The fourth-order valence-corrected chi connectivity index (χ4v) is 4.14. The first kappa shape index (κ1) is 14.2. The van der Waals surface area contributed by atoms with Gasteiger partial charge in [-0.15, -0.1) is 0 Å². The Labute approximate surface area is 115 Å². The average molecular weight is 270 g/mol. The monoisotopic (exact) mass is 270 g/mol. The molecule has 0 aromatic carbocycles. The molecule has 0 bridgehead atoms. The van der Waals surface area contributed by atoms with Gasteiger partial charge in [0.25, 0.3) is 0 Å². The number of carbonyl (C=O) groups excluding carboxylic acids is 1. The largest absolute Gasteiger partial charge is 0.341 e. The summed E-state index contributed by atoms with van der Waals surface area (Å²) in [5.41, 5.74) is 5.85. The van der Waals surface area contributed by atoms with Crippen molar-refractivity contribution in [2.75, 3.05) is 18.8 Å². The molecule has 2 N–H and O–H groups in total. The van der Waals surface area contributed by atoms with Gasteiger partial charge in [-0.05, 0) is 26.2 Å². The van der Waals surface area contributed by atoms with Gasteiger partial charge in [-0.1, -0.05) is 20.3 Å². The maximum absolute atomic E-state index is 12.7. The van der Waals surface area contributed by atoms with Crippen LogP contribution in [0.5, 0.6) is 0 Å². The molecule has 0 spiro atoms. The van der Waals surface area contributed by atoms with Crippen LogP contribution in [-0.4, -0.2) is 40.4 Å². The number of rotatable bonds is 1. The lowest BCUT2D eigenvalue weighted by atomic mass is 9.83. The zero-order valence-corrected chi connectivity index (χ0v) is 12.7. The minimum absolute atomic E-state index is 0.0499. The minimum Gasteiger partial charge on any atom is -0.341 e. The summed E-state index contributed by atoms with van der Waals surface area (Å²) in [5, 5.41) is 0. The molecule has 104 valence electrons. The molecule has 1 saturated heterocycles. The number of nitrogens with zero attached hydrogens (tertiary/aromatic N) is 1. The second-order valence-corrected chi connectivity index (χ2v) is 8.37. The highest BCUT2D eigenvalue weighted by Crippen LogP contribution is 2.39. The van der Waals surface area contributed by atoms with Crippen LogP contribution in [-0.2, 0) is 4.79 Å². The lowest BCUT2D eigenvalue weighted by Gasteiger charge is -2.34. The Balaban J connectivity index is 2.05. The van der Waals surface area contributed by atoms with E-state index in [-0.39, 0.29) is 11.5 Å². The Bertz CT molecular complexity index is 332. The van der Waals surface area contributed by atoms with Crippen molar-refractivity contribution in [1.82, 2.24) is 4.90 Å². The first-order valence-corrected chi connectivity index (χ1v) is 8.03. The molecule has 2 aliphatic rings. The normalized spacial score (nSPS) is 36.4. The predicted molar refractivity (Wildman–Crippen MR) is 77.7 cm³/mol. The van der Waals surface area contributed by atoms with Crippen molar-refractivity contribution in [1.29, 1.82) is 0 Å². The van der Waals surface area contributed by atoms with Gasteiger partial charge in [-0.2, -0.15) is 11.8 Å². The third kappa shape index (κ3) is 2.69. The molecule has 2 atom stereocenters. The molecule has 0 radical (unpaired) electrons. The molecular formula is C14H26N2OS. The van der Waals surface area contributed by atoms with E-state index in [1.54, 1.807) is 0 Å². The third-order valence-corrected chi connectivity index (χ3v) is 6.02. The molecule has 3 nitrogen and oxygen atoms in total. The summed E-state index contributed by atoms with van der Waals surface area (Å²) in [6.07, 6.45) is 4.13. The van der Waals surface area contributed by atoms with Crippen molar-refractivity contribution in [2.24, 2.45) is 11.1 Å². The van der Waals surface area contributed by atoms with Gasteiger partial charge in [0.15, 0.2) is 0 Å². The second kappa shape index (κ2) is 5.04. The van der Waals surface area contributed by atoms with Crippen molar-refractivity contribution in [3.05, 3.63) is 0 Å². The van der Waals surface area contributed by atoms with Gasteiger partial charge in [0.05, 0.1) is 5.41 Å². The Morgan fingerprint density at radius 2 is 2.00 bits per heavy atom. The molecule has 4 heteroatoms. The van der Waals surface area contributed by atoms with Gasteiger partial charge >= 0.3 is 0 Å². The number of hydrogen-bond donors (Lipinski definition) is 1. The summed E-state index contributed by atoms with van der Waals surface area (Å²) in [5.74, 6) is 1.34. The number of amides is 1. The van der Waals surface area contributed by atoms with E-state index in [0.29, 0.717) is 10.7 Å².